The van der Waals surface area contributed by atoms with Gasteiger partial charge in [-0.3, -0.25) is 4.79 Å². The summed E-state index contributed by atoms with van der Waals surface area (Å²) in [6.07, 6.45) is -9.00. The number of benzene rings is 2. The van der Waals surface area contributed by atoms with E-state index in [9.17, 15) is 36.5 Å². The summed E-state index contributed by atoms with van der Waals surface area (Å²) in [7, 11) is 0. The Morgan fingerprint density at radius 1 is 1.07 bits per heavy atom. The number of ether oxygens (including phenoxy) is 3. The van der Waals surface area contributed by atoms with Gasteiger partial charge in [0.15, 0.2) is 10.9 Å². The van der Waals surface area contributed by atoms with Crippen molar-refractivity contribution in [2.45, 2.75) is 101 Å². The summed E-state index contributed by atoms with van der Waals surface area (Å²) in [6, 6.07) is 5.25. The molecule has 1 aliphatic carbocycles. The maximum absolute atomic E-state index is 16.0. The molecule has 1 saturated carbocycles. The Hall–Kier alpha value is -4.65. The molecule has 7 rings (SSSR count). The lowest BCUT2D eigenvalue weighted by Gasteiger charge is -2.53. The zero-order valence-corrected chi connectivity index (χ0v) is 31.6. The van der Waals surface area contributed by atoms with Crippen molar-refractivity contribution in [3.05, 3.63) is 53.7 Å². The van der Waals surface area contributed by atoms with Gasteiger partial charge in [-0.05, 0) is 95.2 Å². The van der Waals surface area contributed by atoms with E-state index < -0.39 is 81.8 Å². The molecule has 0 radical (unpaired) electrons. The van der Waals surface area contributed by atoms with E-state index in [0.29, 0.717) is 19.4 Å². The van der Waals surface area contributed by atoms with Crippen molar-refractivity contribution in [2.75, 3.05) is 23.7 Å². The van der Waals surface area contributed by atoms with Crippen LogP contribution in [0.25, 0.3) is 11.4 Å². The van der Waals surface area contributed by atoms with E-state index in [1.165, 1.54) is 18.2 Å². The minimum absolute atomic E-state index is 0.0419. The third-order valence-corrected chi connectivity index (χ3v) is 10.5. The van der Waals surface area contributed by atoms with Crippen molar-refractivity contribution in [3.63, 3.8) is 0 Å². The summed E-state index contributed by atoms with van der Waals surface area (Å²) in [5.41, 5.74) is -2.33. The van der Waals surface area contributed by atoms with Gasteiger partial charge in [0.2, 0.25) is 11.7 Å². The number of rotatable bonds is 8. The number of hydrogen-bond donors (Lipinski definition) is 1. The molecular formula is C36H40F5N5O8S. The number of alkyl halides is 4. The summed E-state index contributed by atoms with van der Waals surface area (Å²) >= 11 is -2.07. The molecule has 298 valence electrons. The molecule has 1 N–H and O–H groups in total. The second-order valence-electron chi connectivity index (χ2n) is 15.9. The first-order chi connectivity index (χ1) is 25.5. The highest BCUT2D eigenvalue weighted by Gasteiger charge is 2.56. The van der Waals surface area contributed by atoms with Crippen LogP contribution >= 0.6 is 0 Å². The van der Waals surface area contributed by atoms with Crippen LogP contribution in [0, 0.1) is 11.7 Å². The number of amides is 3. The minimum atomic E-state index is -4.75. The molecule has 2 aromatic carbocycles. The molecule has 55 heavy (non-hydrogen) atoms. The number of anilines is 1. The van der Waals surface area contributed by atoms with Gasteiger partial charge in [-0.15, -0.1) is 0 Å². The van der Waals surface area contributed by atoms with Crippen LogP contribution in [0.2, 0.25) is 0 Å². The molecule has 4 aliphatic rings. The van der Waals surface area contributed by atoms with Crippen LogP contribution in [0.3, 0.4) is 0 Å². The van der Waals surface area contributed by atoms with Crippen LogP contribution < -0.4 is 15.0 Å². The van der Waals surface area contributed by atoms with E-state index in [1.807, 2.05) is 0 Å². The van der Waals surface area contributed by atoms with Crippen LogP contribution in [0.5, 0.6) is 5.75 Å². The average molecular weight is 798 g/mol. The molecule has 3 aliphatic heterocycles. The third kappa shape index (κ3) is 8.77. The second kappa shape index (κ2) is 14.5. The third-order valence-electron chi connectivity index (χ3n) is 9.03. The highest BCUT2D eigenvalue weighted by atomic mass is 32.2. The van der Waals surface area contributed by atoms with Gasteiger partial charge in [-0.1, -0.05) is 17.3 Å². The van der Waals surface area contributed by atoms with E-state index in [4.69, 9.17) is 14.0 Å². The van der Waals surface area contributed by atoms with E-state index >= 15 is 4.39 Å². The number of nitrogens with zero attached hydrogens (tertiary/aromatic N) is 4. The largest absolute Gasteiger partial charge is 0.611 e. The molecule has 3 aromatic rings. The first kappa shape index (κ1) is 40.0. The summed E-state index contributed by atoms with van der Waals surface area (Å²) in [4.78, 5) is 46.9. The number of hydrogen-bond acceptors (Lipinski definition) is 10. The minimum Gasteiger partial charge on any atom is -0.611 e. The number of fused-ring (bicyclic) bond motifs is 3. The van der Waals surface area contributed by atoms with Crippen molar-refractivity contribution in [2.24, 2.45) is 5.92 Å². The predicted octanol–water partition coefficient (Wildman–Crippen LogP) is 6.56. The van der Waals surface area contributed by atoms with E-state index in [2.05, 4.69) is 20.2 Å². The summed E-state index contributed by atoms with van der Waals surface area (Å²) < 4.78 is 103. The molecule has 3 amide bonds. The van der Waals surface area contributed by atoms with Gasteiger partial charge in [0.05, 0.1) is 17.5 Å². The summed E-state index contributed by atoms with van der Waals surface area (Å²) in [5.74, 6) is -2.55. The molecule has 13 nitrogen and oxygen atoms in total. The van der Waals surface area contributed by atoms with Gasteiger partial charge in [0, 0.05) is 19.2 Å². The number of aromatic nitrogens is 2. The first-order valence-electron chi connectivity index (χ1n) is 17.3. The Morgan fingerprint density at radius 2 is 1.73 bits per heavy atom. The Balaban J connectivity index is 1.33. The molecule has 19 heteroatoms. The topological polar surface area (TPSA) is 159 Å². The SMILES string of the molecule is CC(C)(C)OC(=O)N[C@H]1C[S+]([O-])c2cc(F)c(-c3noc(C45CC(CN(C(=O)OC(C)(C)C)C4)C5)n3)cc2N(Cc2ccc(OC(F)(F)C(F)F)cc2)C1=O. The van der Waals surface area contributed by atoms with E-state index in [0.717, 1.165) is 23.1 Å². The van der Waals surface area contributed by atoms with Gasteiger partial charge < -0.3 is 38.4 Å². The fourth-order valence-electron chi connectivity index (χ4n) is 6.79. The predicted molar refractivity (Wildman–Crippen MR) is 186 cm³/mol. The monoisotopic (exact) mass is 797 g/mol. The standard InChI is InChI=1S/C36H40F5N5O8S/c1-33(2,3)52-31(48)42-24-17-55(50)26-12-23(37)22(11-25(26)46(28(24)47)16-19-7-9-21(10-8-19)51-36(40,41)29(38)39)27-43-30(54-44-27)35-13-20(14-35)15-45(18-35)32(49)53-34(4,5)6/h7-12,20,24,29H,13-18H2,1-6H3,(H,42,48)/t20?,24-,35?,55?/m0/s1. The molecule has 2 bridgehead atoms. The number of carbonyl (C=O) groups excluding carboxylic acids is 3. The highest BCUT2D eigenvalue weighted by Crippen LogP contribution is 2.52. The van der Waals surface area contributed by atoms with Crippen LogP contribution in [0.15, 0.2) is 45.8 Å². The quantitative estimate of drug-likeness (QED) is 0.196. The lowest BCUT2D eigenvalue weighted by molar-refractivity contribution is -0.253. The Kier molecular flexibility index (Phi) is 10.5. The van der Waals surface area contributed by atoms with Crippen LogP contribution in [0.4, 0.5) is 37.2 Å². The maximum Gasteiger partial charge on any atom is 0.461 e. The second-order valence-corrected chi connectivity index (χ2v) is 17.3. The highest BCUT2D eigenvalue weighted by molar-refractivity contribution is 7.91. The molecule has 1 aromatic heterocycles. The number of alkyl carbamates (subject to hydrolysis) is 1. The van der Waals surface area contributed by atoms with Crippen LogP contribution in [-0.4, -0.2) is 86.3 Å². The molecule has 3 fully saturated rings. The molecule has 2 atom stereocenters. The number of nitrogens with one attached hydrogen (secondary N) is 1. The normalized spacial score (nSPS) is 22.8. The Bertz CT molecular complexity index is 1950. The Labute approximate surface area is 316 Å². The molecule has 2 saturated heterocycles. The lowest BCUT2D eigenvalue weighted by atomic mass is 9.58. The van der Waals surface area contributed by atoms with E-state index in [1.54, 1.807) is 46.4 Å². The number of piperidine rings is 2. The molecule has 0 spiro atoms. The fraction of sp³-hybridized carbons (Fsp3) is 0.528. The van der Waals surface area contributed by atoms with Crippen LogP contribution in [0.1, 0.15) is 65.8 Å². The van der Waals surface area contributed by atoms with Crippen molar-refractivity contribution in [1.29, 1.82) is 0 Å². The summed E-state index contributed by atoms with van der Waals surface area (Å²) in [6.45, 7) is 10.5. The van der Waals surface area contributed by atoms with Crippen molar-refractivity contribution in [3.8, 4) is 17.1 Å². The number of halogens is 5. The summed E-state index contributed by atoms with van der Waals surface area (Å²) in [5, 5.41) is 6.47. The first-order valence-corrected chi connectivity index (χ1v) is 18.6. The fourth-order valence-corrected chi connectivity index (χ4v) is 8.14. The van der Waals surface area contributed by atoms with Gasteiger partial charge in [-0.25, -0.2) is 14.0 Å². The number of carbonyl (C=O) groups is 3. The molecule has 1 unspecified atom stereocenters. The van der Waals surface area contributed by atoms with Crippen LogP contribution in [-0.2, 0) is 37.4 Å². The zero-order chi connectivity index (χ0) is 40.2. The van der Waals surface area contributed by atoms with Gasteiger partial charge in [0.1, 0.15) is 34.2 Å². The smallest absolute Gasteiger partial charge is 0.461 e. The Morgan fingerprint density at radius 3 is 2.35 bits per heavy atom. The van der Waals surface area contributed by atoms with Crippen molar-refractivity contribution >= 4 is 35.0 Å². The van der Waals surface area contributed by atoms with E-state index in [-0.39, 0.29) is 52.4 Å². The average Bonchev–Trinajstić information content (AvgIpc) is 3.53. The van der Waals surface area contributed by atoms with Gasteiger partial charge in [-0.2, -0.15) is 22.5 Å². The lowest BCUT2D eigenvalue weighted by Crippen LogP contribution is -2.61. The van der Waals surface area contributed by atoms with Gasteiger partial charge >= 0.3 is 24.7 Å². The zero-order valence-electron chi connectivity index (χ0n) is 30.8. The van der Waals surface area contributed by atoms with Crippen molar-refractivity contribution < 1.29 is 59.6 Å². The molecular weight excluding hydrogens is 757 g/mol. The molecule has 4 heterocycles. The van der Waals surface area contributed by atoms with Gasteiger partial charge in [0.25, 0.3) is 5.91 Å². The van der Waals surface area contributed by atoms with Crippen molar-refractivity contribution in [1.82, 2.24) is 20.4 Å². The maximum atomic E-state index is 16.0.